The molecule has 2 N–H and O–H groups in total. The number of fused-ring (bicyclic) bond motifs is 1. The van der Waals surface area contributed by atoms with Crippen LogP contribution in [0, 0.1) is 23.1 Å². The van der Waals surface area contributed by atoms with E-state index in [1.165, 1.54) is 35.6 Å². The maximum Gasteiger partial charge on any atom is 0.311 e. The predicted octanol–water partition coefficient (Wildman–Crippen LogP) is 4.08. The van der Waals surface area contributed by atoms with Gasteiger partial charge in [0.2, 0.25) is 5.91 Å². The molecule has 1 aliphatic rings. The van der Waals surface area contributed by atoms with Gasteiger partial charge in [0.25, 0.3) is 0 Å². The van der Waals surface area contributed by atoms with Crippen LogP contribution in [0.5, 0.6) is 0 Å². The standard InChI is InChI=1S/C20H19FN2O3S/c1-11-2-7-14-16(10-22)19(27-17(14)8-11)23-18(24)9-15(20(25)26)12-3-5-13(21)6-4-12/h3-6,11,15H,2,7-9H2,1H3,(H,23,24)(H,25,26)/t11-,15-/m1/s1. The summed E-state index contributed by atoms with van der Waals surface area (Å²) in [4.78, 5) is 25.1. The number of carboxylic acids is 1. The average Bonchev–Trinajstić information content (AvgIpc) is 2.96. The molecule has 0 saturated heterocycles. The second kappa shape index (κ2) is 7.89. The highest BCUT2D eigenvalue weighted by Crippen LogP contribution is 2.39. The van der Waals surface area contributed by atoms with Crippen molar-refractivity contribution >= 4 is 28.2 Å². The first-order valence-electron chi connectivity index (χ1n) is 8.71. The molecule has 1 amide bonds. The number of nitrogens with one attached hydrogen (secondary N) is 1. The van der Waals surface area contributed by atoms with Gasteiger partial charge in [-0.3, -0.25) is 9.59 Å². The van der Waals surface area contributed by atoms with Gasteiger partial charge in [-0.2, -0.15) is 5.26 Å². The lowest BCUT2D eigenvalue weighted by molar-refractivity contribution is -0.140. The Morgan fingerprint density at radius 3 is 2.74 bits per heavy atom. The number of carboxylic acid groups (broad SMARTS) is 1. The third kappa shape index (κ3) is 4.17. The van der Waals surface area contributed by atoms with Crippen molar-refractivity contribution < 1.29 is 19.1 Å². The van der Waals surface area contributed by atoms with Crippen LogP contribution in [0.25, 0.3) is 0 Å². The number of nitrogens with zero attached hydrogens (tertiary/aromatic N) is 1. The van der Waals surface area contributed by atoms with Crippen molar-refractivity contribution in [2.45, 2.75) is 38.5 Å². The molecule has 27 heavy (non-hydrogen) atoms. The van der Waals surface area contributed by atoms with Crippen molar-refractivity contribution in [3.63, 3.8) is 0 Å². The summed E-state index contributed by atoms with van der Waals surface area (Å²) >= 11 is 1.40. The summed E-state index contributed by atoms with van der Waals surface area (Å²) in [5, 5.41) is 22.2. The van der Waals surface area contributed by atoms with Crippen LogP contribution in [0.1, 0.15) is 47.3 Å². The quantitative estimate of drug-likeness (QED) is 0.810. The normalized spacial score (nSPS) is 16.9. The van der Waals surface area contributed by atoms with E-state index in [9.17, 15) is 24.3 Å². The van der Waals surface area contributed by atoms with E-state index >= 15 is 0 Å². The second-order valence-corrected chi connectivity index (χ2v) is 7.97. The minimum absolute atomic E-state index is 0.287. The first-order valence-corrected chi connectivity index (χ1v) is 9.53. The molecule has 0 radical (unpaired) electrons. The third-order valence-corrected chi connectivity index (χ3v) is 6.01. The number of benzene rings is 1. The van der Waals surface area contributed by atoms with Crippen LogP contribution in [-0.2, 0) is 22.4 Å². The second-order valence-electron chi connectivity index (χ2n) is 6.86. The number of nitriles is 1. The van der Waals surface area contributed by atoms with Crippen molar-refractivity contribution in [2.24, 2.45) is 5.92 Å². The molecular weight excluding hydrogens is 367 g/mol. The molecule has 0 saturated carbocycles. The smallest absolute Gasteiger partial charge is 0.311 e. The number of thiophene rings is 1. The first-order chi connectivity index (χ1) is 12.9. The Labute approximate surface area is 160 Å². The van der Waals surface area contributed by atoms with Gasteiger partial charge < -0.3 is 10.4 Å². The minimum Gasteiger partial charge on any atom is -0.481 e. The molecular formula is C20H19FN2O3S. The van der Waals surface area contributed by atoms with Crippen LogP contribution in [-0.4, -0.2) is 17.0 Å². The molecule has 1 heterocycles. The third-order valence-electron chi connectivity index (χ3n) is 4.84. The summed E-state index contributed by atoms with van der Waals surface area (Å²) in [6.45, 7) is 2.16. The van der Waals surface area contributed by atoms with E-state index in [1.807, 2.05) is 0 Å². The predicted molar refractivity (Wildman–Crippen MR) is 100 cm³/mol. The first kappa shape index (κ1) is 19.1. The van der Waals surface area contributed by atoms with Gasteiger partial charge in [-0.25, -0.2) is 4.39 Å². The molecule has 0 aliphatic heterocycles. The number of rotatable bonds is 5. The topological polar surface area (TPSA) is 90.2 Å². The Kier molecular flexibility index (Phi) is 5.57. The Morgan fingerprint density at radius 1 is 1.41 bits per heavy atom. The molecule has 2 atom stereocenters. The van der Waals surface area contributed by atoms with Crippen molar-refractivity contribution in [2.75, 3.05) is 5.32 Å². The molecule has 2 aromatic rings. The van der Waals surface area contributed by atoms with Gasteiger partial charge in [-0.15, -0.1) is 11.3 Å². The zero-order chi connectivity index (χ0) is 19.6. The Balaban J connectivity index is 1.78. The molecule has 1 aromatic carbocycles. The summed E-state index contributed by atoms with van der Waals surface area (Å²) < 4.78 is 13.1. The number of amides is 1. The van der Waals surface area contributed by atoms with E-state index in [2.05, 4.69) is 18.3 Å². The lowest BCUT2D eigenvalue weighted by atomic mass is 9.88. The molecule has 0 fully saturated rings. The van der Waals surface area contributed by atoms with E-state index in [1.54, 1.807) is 0 Å². The highest BCUT2D eigenvalue weighted by molar-refractivity contribution is 7.16. The van der Waals surface area contributed by atoms with Crippen LogP contribution in [0.2, 0.25) is 0 Å². The zero-order valence-electron chi connectivity index (χ0n) is 14.8. The maximum absolute atomic E-state index is 13.1. The lowest BCUT2D eigenvalue weighted by Crippen LogP contribution is -2.21. The average molecular weight is 386 g/mol. The maximum atomic E-state index is 13.1. The summed E-state index contributed by atoms with van der Waals surface area (Å²) in [6.07, 6.45) is 2.43. The van der Waals surface area contributed by atoms with Gasteiger partial charge in [-0.05, 0) is 48.4 Å². The number of carbonyl (C=O) groups excluding carboxylic acids is 1. The van der Waals surface area contributed by atoms with Gasteiger partial charge >= 0.3 is 5.97 Å². The van der Waals surface area contributed by atoms with Crippen molar-refractivity contribution in [1.82, 2.24) is 0 Å². The van der Waals surface area contributed by atoms with Crippen LogP contribution in [0.3, 0.4) is 0 Å². The van der Waals surface area contributed by atoms with E-state index in [0.717, 1.165) is 29.7 Å². The molecule has 3 rings (SSSR count). The fourth-order valence-corrected chi connectivity index (χ4v) is 4.74. The van der Waals surface area contributed by atoms with E-state index in [4.69, 9.17) is 0 Å². The largest absolute Gasteiger partial charge is 0.481 e. The molecule has 1 aliphatic carbocycles. The Bertz CT molecular complexity index is 915. The van der Waals surface area contributed by atoms with Crippen LogP contribution in [0.15, 0.2) is 24.3 Å². The van der Waals surface area contributed by atoms with Gasteiger partial charge in [0.15, 0.2) is 0 Å². The Hall–Kier alpha value is -2.72. The van der Waals surface area contributed by atoms with Crippen molar-refractivity contribution in [3.8, 4) is 6.07 Å². The summed E-state index contributed by atoms with van der Waals surface area (Å²) in [7, 11) is 0. The molecule has 5 nitrogen and oxygen atoms in total. The van der Waals surface area contributed by atoms with E-state index < -0.39 is 23.6 Å². The SMILES string of the molecule is C[C@@H]1CCc2c(sc(NC(=O)C[C@@H](C(=O)O)c3ccc(F)cc3)c2C#N)C1. The fourth-order valence-electron chi connectivity index (χ4n) is 3.36. The van der Waals surface area contributed by atoms with Crippen LogP contribution in [0.4, 0.5) is 9.39 Å². The lowest BCUT2D eigenvalue weighted by Gasteiger charge is -2.17. The zero-order valence-corrected chi connectivity index (χ0v) is 15.6. The summed E-state index contributed by atoms with van der Waals surface area (Å²) in [6, 6.07) is 7.26. The molecule has 7 heteroatoms. The monoisotopic (exact) mass is 386 g/mol. The highest BCUT2D eigenvalue weighted by Gasteiger charge is 2.27. The summed E-state index contributed by atoms with van der Waals surface area (Å²) in [5.74, 6) is -2.64. The number of halogens is 1. The number of hydrogen-bond donors (Lipinski definition) is 2. The molecule has 140 valence electrons. The molecule has 0 unspecified atom stereocenters. The van der Waals surface area contributed by atoms with Gasteiger partial charge in [0.1, 0.15) is 16.9 Å². The molecule has 0 spiro atoms. The van der Waals surface area contributed by atoms with E-state index in [-0.39, 0.29) is 6.42 Å². The van der Waals surface area contributed by atoms with Crippen LogP contribution >= 0.6 is 11.3 Å². The van der Waals surface area contributed by atoms with Crippen molar-refractivity contribution in [1.29, 1.82) is 5.26 Å². The van der Waals surface area contributed by atoms with Gasteiger partial charge in [0, 0.05) is 11.3 Å². The summed E-state index contributed by atoms with van der Waals surface area (Å²) in [5.41, 5.74) is 1.85. The minimum atomic E-state index is -1.16. The molecule has 0 bridgehead atoms. The molecule has 1 aromatic heterocycles. The Morgan fingerprint density at radius 2 is 2.11 bits per heavy atom. The number of carbonyl (C=O) groups is 2. The van der Waals surface area contributed by atoms with Gasteiger partial charge in [-0.1, -0.05) is 19.1 Å². The number of aliphatic carboxylic acids is 1. The highest BCUT2D eigenvalue weighted by atomic mass is 32.1. The van der Waals surface area contributed by atoms with Gasteiger partial charge in [0.05, 0.1) is 11.5 Å². The van der Waals surface area contributed by atoms with Crippen LogP contribution < -0.4 is 5.32 Å². The van der Waals surface area contributed by atoms with Crippen molar-refractivity contribution in [3.05, 3.63) is 51.7 Å². The fraction of sp³-hybridized carbons (Fsp3) is 0.350. The number of anilines is 1. The van der Waals surface area contributed by atoms with E-state index in [0.29, 0.717) is 22.0 Å². The number of hydrogen-bond acceptors (Lipinski definition) is 4.